The van der Waals surface area contributed by atoms with Crippen LogP contribution in [0.25, 0.3) is 0 Å². The summed E-state index contributed by atoms with van der Waals surface area (Å²) in [5.74, 6) is 2.29. The number of hydrogen-bond donors (Lipinski definition) is 1. The predicted molar refractivity (Wildman–Crippen MR) is 58.4 cm³/mol. The first kappa shape index (κ1) is 10.9. The van der Waals surface area contributed by atoms with Crippen LogP contribution in [0.3, 0.4) is 0 Å². The zero-order valence-corrected chi connectivity index (χ0v) is 9.66. The molecule has 3 heteroatoms. The highest BCUT2D eigenvalue weighted by Crippen LogP contribution is 2.54. The molecule has 0 aromatic rings. The van der Waals surface area contributed by atoms with Gasteiger partial charge in [-0.25, -0.2) is 0 Å². The Labute approximate surface area is 91.6 Å². The third kappa shape index (κ3) is 2.71. The molecule has 0 aliphatic heterocycles. The number of rotatable bonds is 5. The van der Waals surface area contributed by atoms with Crippen molar-refractivity contribution >= 4 is 5.91 Å². The molecule has 2 rings (SSSR count). The molecule has 0 heterocycles. The maximum Gasteiger partial charge on any atom is 0.223 e. The van der Waals surface area contributed by atoms with Gasteiger partial charge in [-0.1, -0.05) is 0 Å². The first-order chi connectivity index (χ1) is 7.20. The molecule has 3 unspecified atom stereocenters. The summed E-state index contributed by atoms with van der Waals surface area (Å²) >= 11 is 0. The number of amides is 1. The van der Waals surface area contributed by atoms with Crippen molar-refractivity contribution in [1.29, 1.82) is 0 Å². The third-order valence-electron chi connectivity index (χ3n) is 3.57. The highest BCUT2D eigenvalue weighted by atomic mass is 16.5. The number of nitrogens with one attached hydrogen (secondary N) is 1. The lowest BCUT2D eigenvalue weighted by Crippen LogP contribution is -2.39. The van der Waals surface area contributed by atoms with Crippen LogP contribution in [0.2, 0.25) is 0 Å². The Morgan fingerprint density at radius 3 is 2.67 bits per heavy atom. The summed E-state index contributed by atoms with van der Waals surface area (Å²) in [6, 6.07) is 0.148. The molecule has 2 fully saturated rings. The lowest BCUT2D eigenvalue weighted by atomic mass is 10.0. The molecule has 2 aliphatic carbocycles. The molecule has 0 bridgehead atoms. The van der Waals surface area contributed by atoms with Gasteiger partial charge in [-0.15, -0.1) is 0 Å². The van der Waals surface area contributed by atoms with Gasteiger partial charge in [-0.2, -0.15) is 0 Å². The summed E-state index contributed by atoms with van der Waals surface area (Å²) in [6.45, 7) is 5.32. The Morgan fingerprint density at radius 2 is 2.07 bits per heavy atom. The second-order valence-corrected chi connectivity index (χ2v) is 4.99. The Morgan fingerprint density at radius 1 is 1.40 bits per heavy atom. The summed E-state index contributed by atoms with van der Waals surface area (Å²) in [4.78, 5) is 11.8. The summed E-state index contributed by atoms with van der Waals surface area (Å²) in [5.41, 5.74) is 0. The molecule has 0 spiro atoms. The topological polar surface area (TPSA) is 38.3 Å². The van der Waals surface area contributed by atoms with Gasteiger partial charge in [0.1, 0.15) is 0 Å². The average Bonchev–Trinajstić information content (AvgIpc) is 2.82. The molecule has 2 aliphatic rings. The van der Waals surface area contributed by atoms with Gasteiger partial charge in [0.05, 0.1) is 6.61 Å². The molecule has 3 atom stereocenters. The molecule has 1 amide bonds. The summed E-state index contributed by atoms with van der Waals surface area (Å²) < 4.78 is 5.27. The van der Waals surface area contributed by atoms with Crippen LogP contribution in [-0.4, -0.2) is 25.2 Å². The fourth-order valence-electron chi connectivity index (χ4n) is 2.63. The van der Waals surface area contributed by atoms with Crippen molar-refractivity contribution in [1.82, 2.24) is 5.32 Å². The third-order valence-corrected chi connectivity index (χ3v) is 3.57. The van der Waals surface area contributed by atoms with Crippen molar-refractivity contribution < 1.29 is 9.53 Å². The van der Waals surface area contributed by atoms with Crippen LogP contribution in [0.5, 0.6) is 0 Å². The van der Waals surface area contributed by atoms with Gasteiger partial charge in [0.25, 0.3) is 0 Å². The largest absolute Gasteiger partial charge is 0.380 e. The van der Waals surface area contributed by atoms with Crippen molar-refractivity contribution in [2.45, 2.75) is 39.2 Å². The van der Waals surface area contributed by atoms with Crippen LogP contribution in [0.15, 0.2) is 0 Å². The quantitative estimate of drug-likeness (QED) is 0.749. The van der Waals surface area contributed by atoms with Crippen LogP contribution >= 0.6 is 0 Å². The fourth-order valence-corrected chi connectivity index (χ4v) is 2.63. The van der Waals surface area contributed by atoms with Crippen LogP contribution < -0.4 is 5.32 Å². The minimum Gasteiger partial charge on any atom is -0.380 e. The van der Waals surface area contributed by atoms with Crippen LogP contribution in [0, 0.1) is 17.8 Å². The molecule has 2 saturated carbocycles. The van der Waals surface area contributed by atoms with Crippen molar-refractivity contribution in [2.75, 3.05) is 13.2 Å². The number of carbonyl (C=O) groups is 1. The number of carbonyl (C=O) groups excluding carboxylic acids is 1. The lowest BCUT2D eigenvalue weighted by Gasteiger charge is -2.17. The maximum atomic E-state index is 11.8. The number of ether oxygens (including phenoxy) is 1. The predicted octanol–water partition coefficient (Wildman–Crippen LogP) is 1.57. The first-order valence-electron chi connectivity index (χ1n) is 6.08. The lowest BCUT2D eigenvalue weighted by molar-refractivity contribution is -0.126. The van der Waals surface area contributed by atoms with E-state index in [1.54, 1.807) is 0 Å². The monoisotopic (exact) mass is 211 g/mol. The summed E-state index contributed by atoms with van der Waals surface area (Å²) in [5, 5.41) is 3.03. The van der Waals surface area contributed by atoms with Gasteiger partial charge in [0, 0.05) is 18.6 Å². The van der Waals surface area contributed by atoms with Crippen molar-refractivity contribution in [2.24, 2.45) is 17.8 Å². The smallest absolute Gasteiger partial charge is 0.223 e. The molecular formula is C12H21NO2. The van der Waals surface area contributed by atoms with Gasteiger partial charge >= 0.3 is 0 Å². The average molecular weight is 211 g/mol. The molecular weight excluding hydrogens is 190 g/mol. The van der Waals surface area contributed by atoms with Crippen molar-refractivity contribution in [3.8, 4) is 0 Å². The normalized spacial score (nSPS) is 34.7. The second kappa shape index (κ2) is 4.52. The van der Waals surface area contributed by atoms with Crippen molar-refractivity contribution in [3.05, 3.63) is 0 Å². The number of fused-ring (bicyclic) bond motifs is 1. The van der Waals surface area contributed by atoms with E-state index in [9.17, 15) is 4.79 Å². The Balaban J connectivity index is 1.67. The Bertz CT molecular complexity index is 232. The number of hydrogen-bond acceptors (Lipinski definition) is 2. The summed E-state index contributed by atoms with van der Waals surface area (Å²) in [6.07, 6.45) is 3.62. The van der Waals surface area contributed by atoms with E-state index < -0.39 is 0 Å². The Hall–Kier alpha value is -0.570. The van der Waals surface area contributed by atoms with Gasteiger partial charge in [0.15, 0.2) is 0 Å². The molecule has 0 saturated heterocycles. The fraction of sp³-hybridized carbons (Fsp3) is 0.917. The molecule has 3 nitrogen and oxygen atoms in total. The van der Waals surface area contributed by atoms with Crippen LogP contribution in [0.1, 0.15) is 33.1 Å². The van der Waals surface area contributed by atoms with Gasteiger partial charge in [0.2, 0.25) is 5.91 Å². The van der Waals surface area contributed by atoms with Crippen molar-refractivity contribution in [3.63, 3.8) is 0 Å². The SMILES string of the molecule is CCOCC(C)NC(=O)C1CC2CC2C1. The molecule has 0 aromatic heterocycles. The van der Waals surface area contributed by atoms with E-state index in [0.29, 0.717) is 13.2 Å². The standard InChI is InChI=1S/C12H21NO2/c1-3-15-7-8(2)13-12(14)11-5-9-4-10(9)6-11/h8-11H,3-7H2,1-2H3,(H,13,14). The Kier molecular flexibility index (Phi) is 3.29. The van der Waals surface area contributed by atoms with E-state index in [2.05, 4.69) is 5.32 Å². The molecule has 0 aromatic carbocycles. The van der Waals surface area contributed by atoms with E-state index in [-0.39, 0.29) is 17.9 Å². The minimum atomic E-state index is 0.148. The van der Waals surface area contributed by atoms with Crippen LogP contribution in [0.4, 0.5) is 0 Å². The van der Waals surface area contributed by atoms with Gasteiger partial charge in [-0.3, -0.25) is 4.79 Å². The van der Waals surface area contributed by atoms with E-state index in [0.717, 1.165) is 24.7 Å². The van der Waals surface area contributed by atoms with E-state index in [1.807, 2.05) is 13.8 Å². The zero-order chi connectivity index (χ0) is 10.8. The van der Waals surface area contributed by atoms with E-state index >= 15 is 0 Å². The zero-order valence-electron chi connectivity index (χ0n) is 9.66. The maximum absolute atomic E-state index is 11.8. The highest BCUT2D eigenvalue weighted by molar-refractivity contribution is 5.79. The minimum absolute atomic E-state index is 0.148. The van der Waals surface area contributed by atoms with E-state index in [1.165, 1.54) is 6.42 Å². The van der Waals surface area contributed by atoms with Crippen LogP contribution in [-0.2, 0) is 9.53 Å². The van der Waals surface area contributed by atoms with Gasteiger partial charge < -0.3 is 10.1 Å². The summed E-state index contributed by atoms with van der Waals surface area (Å²) in [7, 11) is 0. The molecule has 86 valence electrons. The molecule has 0 radical (unpaired) electrons. The first-order valence-corrected chi connectivity index (χ1v) is 6.08. The second-order valence-electron chi connectivity index (χ2n) is 4.99. The van der Waals surface area contributed by atoms with E-state index in [4.69, 9.17) is 4.74 Å². The molecule has 15 heavy (non-hydrogen) atoms. The van der Waals surface area contributed by atoms with Gasteiger partial charge in [-0.05, 0) is 44.9 Å². The molecule has 1 N–H and O–H groups in total. The highest BCUT2D eigenvalue weighted by Gasteiger charge is 2.48.